The van der Waals surface area contributed by atoms with E-state index in [0.717, 1.165) is 51.1 Å². The summed E-state index contributed by atoms with van der Waals surface area (Å²) in [6, 6.07) is 0.717. The first-order valence-electron chi connectivity index (χ1n) is 6.23. The van der Waals surface area contributed by atoms with Crippen molar-refractivity contribution in [1.82, 2.24) is 10.3 Å². The van der Waals surface area contributed by atoms with Crippen molar-refractivity contribution in [3.8, 4) is 0 Å². The second kappa shape index (κ2) is 6.02. The highest BCUT2D eigenvalue weighted by atomic mass is 16.5. The fraction of sp³-hybridized carbons (Fsp3) is 0.750. The van der Waals surface area contributed by atoms with E-state index in [1.54, 1.807) is 6.26 Å². The van der Waals surface area contributed by atoms with E-state index in [2.05, 4.69) is 29.0 Å². The topological polar surface area (TPSA) is 50.5 Å². The van der Waals surface area contributed by atoms with Gasteiger partial charge in [0.05, 0.1) is 18.9 Å². The quantitative estimate of drug-likeness (QED) is 0.838. The van der Waals surface area contributed by atoms with Crippen molar-refractivity contribution in [2.75, 3.05) is 37.7 Å². The van der Waals surface area contributed by atoms with Gasteiger partial charge in [-0.3, -0.25) is 0 Å². The molecule has 0 atom stereocenters. The molecule has 0 amide bonds. The van der Waals surface area contributed by atoms with Crippen LogP contribution in [0.25, 0.3) is 0 Å². The van der Waals surface area contributed by atoms with E-state index in [-0.39, 0.29) is 0 Å². The Balaban J connectivity index is 1.82. The molecule has 2 rings (SSSR count). The average molecular weight is 239 g/mol. The molecule has 0 saturated carbocycles. The number of hydrogen-bond acceptors (Lipinski definition) is 5. The largest absolute Gasteiger partial charge is 0.432 e. The Bertz CT molecular complexity index is 332. The number of nitrogens with one attached hydrogen (secondary N) is 1. The maximum absolute atomic E-state index is 5.48. The van der Waals surface area contributed by atoms with Gasteiger partial charge in [-0.1, -0.05) is 13.8 Å². The highest BCUT2D eigenvalue weighted by Crippen LogP contribution is 2.14. The van der Waals surface area contributed by atoms with Crippen LogP contribution in [0.1, 0.15) is 19.5 Å². The van der Waals surface area contributed by atoms with E-state index < -0.39 is 0 Å². The summed E-state index contributed by atoms with van der Waals surface area (Å²) in [5.41, 5.74) is 0.965. The van der Waals surface area contributed by atoms with Crippen molar-refractivity contribution in [2.45, 2.75) is 20.4 Å². The van der Waals surface area contributed by atoms with E-state index in [1.807, 2.05) is 0 Å². The molecule has 0 unspecified atom stereocenters. The molecule has 0 aliphatic carbocycles. The first kappa shape index (κ1) is 12.4. The molecular weight excluding hydrogens is 218 g/mol. The van der Waals surface area contributed by atoms with Gasteiger partial charge in [0.1, 0.15) is 6.26 Å². The zero-order valence-electron chi connectivity index (χ0n) is 10.6. The number of hydrogen-bond donors (Lipinski definition) is 1. The summed E-state index contributed by atoms with van der Waals surface area (Å²) in [6.07, 6.45) is 1.73. The van der Waals surface area contributed by atoms with Crippen LogP contribution in [0, 0.1) is 5.92 Å². The second-order valence-electron chi connectivity index (χ2n) is 4.75. The Morgan fingerprint density at radius 1 is 1.41 bits per heavy atom. The molecule has 1 aliphatic heterocycles. The number of aromatic nitrogens is 1. The highest BCUT2D eigenvalue weighted by Gasteiger charge is 2.15. The van der Waals surface area contributed by atoms with Gasteiger partial charge >= 0.3 is 0 Å². The SMILES string of the molecule is CC(C)CNCc1coc(N2CCOCC2)n1. The lowest BCUT2D eigenvalue weighted by Gasteiger charge is -2.24. The van der Waals surface area contributed by atoms with Gasteiger partial charge in [0.2, 0.25) is 0 Å². The van der Waals surface area contributed by atoms with Gasteiger partial charge in [-0.05, 0) is 12.5 Å². The summed E-state index contributed by atoms with van der Waals surface area (Å²) in [5.74, 6) is 0.653. The molecule has 5 heteroatoms. The van der Waals surface area contributed by atoms with E-state index in [0.29, 0.717) is 5.92 Å². The summed E-state index contributed by atoms with van der Waals surface area (Å²) in [6.45, 7) is 9.38. The summed E-state index contributed by atoms with van der Waals surface area (Å²) in [5, 5.41) is 3.35. The molecule has 0 radical (unpaired) electrons. The third-order valence-corrected chi connectivity index (χ3v) is 2.68. The maximum Gasteiger partial charge on any atom is 0.297 e. The van der Waals surface area contributed by atoms with Crippen molar-refractivity contribution in [3.05, 3.63) is 12.0 Å². The van der Waals surface area contributed by atoms with Crippen molar-refractivity contribution in [1.29, 1.82) is 0 Å². The van der Waals surface area contributed by atoms with Crippen LogP contribution in [0.3, 0.4) is 0 Å². The van der Waals surface area contributed by atoms with Crippen LogP contribution in [0.15, 0.2) is 10.7 Å². The molecule has 1 fully saturated rings. The van der Waals surface area contributed by atoms with Crippen LogP contribution in [0.4, 0.5) is 6.01 Å². The smallest absolute Gasteiger partial charge is 0.297 e. The third-order valence-electron chi connectivity index (χ3n) is 2.68. The Labute approximate surface area is 102 Å². The fourth-order valence-corrected chi connectivity index (χ4v) is 1.77. The molecule has 1 aromatic heterocycles. The summed E-state index contributed by atoms with van der Waals surface area (Å²) in [7, 11) is 0. The number of morpholine rings is 1. The van der Waals surface area contributed by atoms with Crippen LogP contribution in [0.2, 0.25) is 0 Å². The minimum atomic E-state index is 0.653. The molecule has 0 bridgehead atoms. The van der Waals surface area contributed by atoms with Crippen LogP contribution >= 0.6 is 0 Å². The van der Waals surface area contributed by atoms with Gasteiger partial charge in [-0.2, -0.15) is 4.98 Å². The summed E-state index contributed by atoms with van der Waals surface area (Å²) < 4.78 is 10.8. The predicted octanol–water partition coefficient (Wildman–Crippen LogP) is 1.26. The zero-order chi connectivity index (χ0) is 12.1. The van der Waals surface area contributed by atoms with Gasteiger partial charge < -0.3 is 19.4 Å². The molecule has 5 nitrogen and oxygen atoms in total. The van der Waals surface area contributed by atoms with E-state index in [9.17, 15) is 0 Å². The van der Waals surface area contributed by atoms with Crippen LogP contribution < -0.4 is 10.2 Å². The third kappa shape index (κ3) is 3.71. The van der Waals surface area contributed by atoms with Gasteiger partial charge in [0.15, 0.2) is 0 Å². The number of oxazole rings is 1. The Kier molecular flexibility index (Phi) is 4.39. The molecule has 1 saturated heterocycles. The first-order valence-corrected chi connectivity index (χ1v) is 6.23. The van der Waals surface area contributed by atoms with Crippen LogP contribution in [0.5, 0.6) is 0 Å². The van der Waals surface area contributed by atoms with E-state index >= 15 is 0 Å². The standard InChI is InChI=1S/C12H21N3O2/c1-10(2)7-13-8-11-9-17-12(14-11)15-3-5-16-6-4-15/h9-10,13H,3-8H2,1-2H3. The molecule has 96 valence electrons. The molecular formula is C12H21N3O2. The second-order valence-corrected chi connectivity index (χ2v) is 4.75. The normalized spacial score (nSPS) is 16.8. The Morgan fingerprint density at radius 2 is 2.18 bits per heavy atom. The van der Waals surface area contributed by atoms with Gasteiger partial charge in [0, 0.05) is 19.6 Å². The number of ether oxygens (including phenoxy) is 1. The lowest BCUT2D eigenvalue weighted by Crippen LogP contribution is -2.36. The van der Waals surface area contributed by atoms with Gasteiger partial charge in [-0.15, -0.1) is 0 Å². The zero-order valence-corrected chi connectivity index (χ0v) is 10.6. The van der Waals surface area contributed by atoms with Gasteiger partial charge in [-0.25, -0.2) is 0 Å². The number of anilines is 1. The maximum atomic E-state index is 5.48. The minimum Gasteiger partial charge on any atom is -0.432 e. The minimum absolute atomic E-state index is 0.653. The lowest BCUT2D eigenvalue weighted by molar-refractivity contribution is 0.120. The summed E-state index contributed by atoms with van der Waals surface area (Å²) >= 11 is 0. The van der Waals surface area contributed by atoms with E-state index in [1.165, 1.54) is 0 Å². The molecule has 0 spiro atoms. The van der Waals surface area contributed by atoms with Gasteiger partial charge in [0.25, 0.3) is 6.01 Å². The Morgan fingerprint density at radius 3 is 2.88 bits per heavy atom. The van der Waals surface area contributed by atoms with Crippen LogP contribution in [-0.4, -0.2) is 37.8 Å². The number of rotatable bonds is 5. The average Bonchev–Trinajstić information content (AvgIpc) is 2.78. The highest BCUT2D eigenvalue weighted by molar-refractivity contribution is 5.27. The fourth-order valence-electron chi connectivity index (χ4n) is 1.77. The monoisotopic (exact) mass is 239 g/mol. The van der Waals surface area contributed by atoms with Crippen molar-refractivity contribution < 1.29 is 9.15 Å². The molecule has 2 heterocycles. The van der Waals surface area contributed by atoms with E-state index in [4.69, 9.17) is 9.15 Å². The molecule has 1 aliphatic rings. The van der Waals surface area contributed by atoms with Crippen molar-refractivity contribution >= 4 is 6.01 Å². The van der Waals surface area contributed by atoms with Crippen LogP contribution in [-0.2, 0) is 11.3 Å². The molecule has 1 N–H and O–H groups in total. The predicted molar refractivity (Wildman–Crippen MR) is 66.1 cm³/mol. The number of nitrogens with zero attached hydrogens (tertiary/aromatic N) is 2. The lowest BCUT2D eigenvalue weighted by atomic mass is 10.2. The first-order chi connectivity index (χ1) is 8.25. The molecule has 17 heavy (non-hydrogen) atoms. The molecule has 1 aromatic rings. The Hall–Kier alpha value is -1.07. The van der Waals surface area contributed by atoms with Crippen molar-refractivity contribution in [3.63, 3.8) is 0 Å². The van der Waals surface area contributed by atoms with Crippen molar-refractivity contribution in [2.24, 2.45) is 5.92 Å². The summed E-state index contributed by atoms with van der Waals surface area (Å²) in [4.78, 5) is 6.59. The molecule has 0 aromatic carbocycles.